The first-order valence-electron chi connectivity index (χ1n) is 14.3. The average Bonchev–Trinajstić information content (AvgIpc) is 2.93. The van der Waals surface area contributed by atoms with E-state index < -0.39 is 17.7 Å². The molecule has 5 N–H and O–H groups in total. The van der Waals surface area contributed by atoms with E-state index in [0.717, 1.165) is 18.9 Å². The molecule has 2 heterocycles. The van der Waals surface area contributed by atoms with Gasteiger partial charge in [0, 0.05) is 75.6 Å². The number of H-pyrrole nitrogens is 1. The van der Waals surface area contributed by atoms with Gasteiger partial charge in [0.25, 0.3) is 5.79 Å². The fourth-order valence-electron chi connectivity index (χ4n) is 3.55. The van der Waals surface area contributed by atoms with Crippen molar-refractivity contribution in [1.29, 1.82) is 0 Å². The minimum Gasteiger partial charge on any atom is -0.423 e. The van der Waals surface area contributed by atoms with Gasteiger partial charge in [-0.15, -0.1) is 0 Å². The first-order valence-corrected chi connectivity index (χ1v) is 14.3. The zero-order valence-corrected chi connectivity index (χ0v) is 27.5. The van der Waals surface area contributed by atoms with Crippen molar-refractivity contribution in [2.45, 2.75) is 67.0 Å². The Morgan fingerprint density at radius 2 is 1.43 bits per heavy atom. The summed E-state index contributed by atoms with van der Waals surface area (Å²) in [6.45, 7) is 13.2. The van der Waals surface area contributed by atoms with Crippen molar-refractivity contribution in [1.82, 2.24) is 4.98 Å². The molecule has 0 saturated carbocycles. The predicted molar refractivity (Wildman–Crippen MR) is 173 cm³/mol. The van der Waals surface area contributed by atoms with Crippen molar-refractivity contribution in [2.75, 3.05) is 29.6 Å². The van der Waals surface area contributed by atoms with Gasteiger partial charge in [0.1, 0.15) is 6.42 Å². The first kappa shape index (κ1) is 41.6. The second kappa shape index (κ2) is 22.2. The van der Waals surface area contributed by atoms with Crippen molar-refractivity contribution in [2.24, 2.45) is 0 Å². The number of hydrogen-bond donors (Lipinski definition) is 4. The lowest BCUT2D eigenvalue weighted by Crippen LogP contribution is -2.39. The van der Waals surface area contributed by atoms with Crippen LogP contribution in [0.4, 0.5) is 17.1 Å². The lowest BCUT2D eigenvalue weighted by molar-refractivity contribution is -0.231. The molecule has 2 amide bonds. The molecule has 15 nitrogen and oxygen atoms in total. The molecule has 0 unspecified atom stereocenters. The van der Waals surface area contributed by atoms with Crippen molar-refractivity contribution in [3.8, 4) is 0 Å². The largest absolute Gasteiger partial charge is 0.423 e. The maximum absolute atomic E-state index is 11.4. The molecule has 47 heavy (non-hydrogen) atoms. The number of nitrogens with two attached hydrogens (primary N) is 1. The predicted octanol–water partition coefficient (Wildman–Crippen LogP) is 3.75. The number of ether oxygens (including phenoxy) is 4. The van der Waals surface area contributed by atoms with Crippen LogP contribution in [0, 0.1) is 0 Å². The molecule has 0 aliphatic carbocycles. The van der Waals surface area contributed by atoms with E-state index in [1.165, 1.54) is 33.8 Å². The number of benzene rings is 2. The highest BCUT2D eigenvalue weighted by Gasteiger charge is 2.34. The van der Waals surface area contributed by atoms with Crippen molar-refractivity contribution in [3.63, 3.8) is 0 Å². The summed E-state index contributed by atoms with van der Waals surface area (Å²) < 4.78 is 19.4. The van der Waals surface area contributed by atoms with E-state index in [-0.39, 0.29) is 36.1 Å². The monoisotopic (exact) mass is 658 g/mol. The molecular weight excluding hydrogens is 616 g/mol. The summed E-state index contributed by atoms with van der Waals surface area (Å²) in [5.74, 6) is -2.35. The summed E-state index contributed by atoms with van der Waals surface area (Å²) in [7, 11) is 0. The van der Waals surface area contributed by atoms with E-state index in [2.05, 4.69) is 25.1 Å². The van der Waals surface area contributed by atoms with Gasteiger partial charge >= 0.3 is 18.1 Å². The number of carbonyl (C=O) groups is 4. The first-order chi connectivity index (χ1) is 22.1. The summed E-state index contributed by atoms with van der Waals surface area (Å²) in [4.78, 5) is 73.1. The van der Waals surface area contributed by atoms with Crippen molar-refractivity contribution in [3.05, 3.63) is 65.0 Å². The van der Waals surface area contributed by atoms with E-state index in [1.54, 1.807) is 48.7 Å². The summed E-state index contributed by atoms with van der Waals surface area (Å²) in [6.07, 6.45) is 1.52. The van der Waals surface area contributed by atoms with Crippen LogP contribution in [0.3, 0.4) is 0 Å². The van der Waals surface area contributed by atoms with Crippen LogP contribution in [0.15, 0.2) is 59.5 Å². The zero-order chi connectivity index (χ0) is 36.0. The Labute approximate surface area is 272 Å². The number of fused-ring (bicyclic) bond motifs is 1. The zero-order valence-electron chi connectivity index (χ0n) is 27.5. The molecule has 3 aromatic rings. The minimum atomic E-state index is -1.08. The van der Waals surface area contributed by atoms with Gasteiger partial charge in [0.05, 0.1) is 5.52 Å². The van der Waals surface area contributed by atoms with Crippen LogP contribution in [0.25, 0.3) is 10.9 Å². The normalized spacial score (nSPS) is 12.3. The number of aromatic amines is 1. The third kappa shape index (κ3) is 19.6. The SMILES string of the molecule is CC(=O)Nc1ccc2c(=O)cc[nH]c2c1.CC(=O)Nc1cccc(N)c1.CC1(C)OC(=O)CC(=O)O1.CCOC(C)OCC.O=C=O. The number of nitrogens with one attached hydrogen (secondary N) is 3. The highest BCUT2D eigenvalue weighted by Crippen LogP contribution is 2.18. The summed E-state index contributed by atoms with van der Waals surface area (Å²) in [5.41, 5.74) is 8.23. The van der Waals surface area contributed by atoms with Gasteiger partial charge in [-0.25, -0.2) is 0 Å². The maximum Gasteiger partial charge on any atom is 0.373 e. The maximum atomic E-state index is 11.4. The lowest BCUT2D eigenvalue weighted by atomic mass is 10.2. The molecule has 1 aliphatic rings. The Bertz CT molecular complexity index is 1520. The highest BCUT2D eigenvalue weighted by atomic mass is 16.7. The number of anilines is 3. The van der Waals surface area contributed by atoms with Gasteiger partial charge in [-0.1, -0.05) is 6.07 Å². The molecule has 1 aromatic heterocycles. The Morgan fingerprint density at radius 1 is 0.915 bits per heavy atom. The van der Waals surface area contributed by atoms with Crippen LogP contribution in [0.2, 0.25) is 0 Å². The minimum absolute atomic E-state index is 0.0295. The molecule has 0 atom stereocenters. The number of amides is 2. The lowest BCUT2D eigenvalue weighted by Gasteiger charge is -2.28. The number of aromatic nitrogens is 1. The third-order valence-electron chi connectivity index (χ3n) is 5.10. The molecule has 0 bridgehead atoms. The average molecular weight is 659 g/mol. The van der Waals surface area contributed by atoms with Crippen LogP contribution in [-0.4, -0.2) is 60.2 Å². The van der Waals surface area contributed by atoms with E-state index in [9.17, 15) is 24.0 Å². The fraction of sp³-hybridized carbons (Fsp3) is 0.375. The highest BCUT2D eigenvalue weighted by molar-refractivity contribution is 5.93. The van der Waals surface area contributed by atoms with E-state index >= 15 is 0 Å². The molecular formula is C32H42N4O11. The summed E-state index contributed by atoms with van der Waals surface area (Å²) >= 11 is 0. The number of esters is 2. The Hall–Kier alpha value is -5.37. The quantitative estimate of drug-likeness (QED) is 0.129. The molecule has 1 aliphatic heterocycles. The number of pyridine rings is 1. The van der Waals surface area contributed by atoms with Gasteiger partial charge in [-0.05, 0) is 57.2 Å². The molecule has 2 aromatic carbocycles. The van der Waals surface area contributed by atoms with Gasteiger partial charge < -0.3 is 40.3 Å². The van der Waals surface area contributed by atoms with E-state index in [1.807, 2.05) is 20.8 Å². The topological polar surface area (TPSA) is 222 Å². The van der Waals surface area contributed by atoms with Crippen LogP contribution < -0.4 is 21.8 Å². The van der Waals surface area contributed by atoms with E-state index in [4.69, 9.17) is 24.8 Å². The standard InChI is InChI=1S/C11H10N2O2.C8H10N2O.C6H8O4.C6H14O2.CO2/c1-7(14)13-8-2-3-9-10(6-8)12-5-4-11(9)15;1-6(11)10-8-4-2-3-7(9)5-8;1-6(2)9-4(7)3-5(8)10-6;1-4-7-6(3)8-5-2;2-1-3/h2-6H,1H3,(H,12,15)(H,13,14);2-5H,9H2,1H3,(H,10,11);3H2,1-2H3;6H,4-5H2,1-3H3;. The fourth-order valence-corrected chi connectivity index (χ4v) is 3.55. The second-order valence-electron chi connectivity index (χ2n) is 9.68. The molecule has 1 fully saturated rings. The third-order valence-corrected chi connectivity index (χ3v) is 5.10. The van der Waals surface area contributed by atoms with Crippen LogP contribution in [-0.2, 0) is 47.7 Å². The Kier molecular flexibility index (Phi) is 19.7. The van der Waals surface area contributed by atoms with Gasteiger partial charge in [-0.2, -0.15) is 9.59 Å². The van der Waals surface area contributed by atoms with Crippen LogP contribution >= 0.6 is 0 Å². The van der Waals surface area contributed by atoms with Crippen molar-refractivity contribution >= 4 is 57.9 Å². The summed E-state index contributed by atoms with van der Waals surface area (Å²) in [5, 5.41) is 5.90. The molecule has 256 valence electrons. The summed E-state index contributed by atoms with van der Waals surface area (Å²) in [6, 6.07) is 13.7. The Balaban J connectivity index is 0.000000598. The van der Waals surface area contributed by atoms with Crippen LogP contribution in [0.5, 0.6) is 0 Å². The number of hydrogen-bond acceptors (Lipinski definition) is 12. The van der Waals surface area contributed by atoms with Gasteiger partial charge in [-0.3, -0.25) is 24.0 Å². The van der Waals surface area contributed by atoms with E-state index in [0.29, 0.717) is 22.3 Å². The van der Waals surface area contributed by atoms with Crippen molar-refractivity contribution < 1.29 is 47.7 Å². The van der Waals surface area contributed by atoms with Gasteiger partial charge in [0.15, 0.2) is 11.7 Å². The number of rotatable bonds is 6. The smallest absolute Gasteiger partial charge is 0.373 e. The molecule has 0 spiro atoms. The molecule has 1 saturated heterocycles. The van der Waals surface area contributed by atoms with Crippen LogP contribution in [0.1, 0.15) is 54.9 Å². The number of cyclic esters (lactones) is 2. The second-order valence-corrected chi connectivity index (χ2v) is 9.68. The molecule has 4 rings (SSSR count). The Morgan fingerprint density at radius 3 is 1.87 bits per heavy atom. The van der Waals surface area contributed by atoms with Gasteiger partial charge in [0.2, 0.25) is 11.8 Å². The number of carbonyl (C=O) groups excluding carboxylic acids is 6. The molecule has 15 heteroatoms. The molecule has 0 radical (unpaired) electrons. The number of nitrogen functional groups attached to an aromatic ring is 1.